The molecule has 1 N–H and O–H groups in total. The maximum absolute atomic E-state index is 12.8. The zero-order valence-corrected chi connectivity index (χ0v) is 19.3. The highest BCUT2D eigenvalue weighted by molar-refractivity contribution is 5.84. The van der Waals surface area contributed by atoms with Gasteiger partial charge in [-0.3, -0.25) is 4.79 Å². The molecule has 3 aromatic rings. The number of unbranched alkanes of at least 4 members (excludes halogenated alkanes) is 5. The van der Waals surface area contributed by atoms with E-state index in [4.69, 9.17) is 13.9 Å². The van der Waals surface area contributed by atoms with Gasteiger partial charge in [-0.05, 0) is 36.2 Å². The van der Waals surface area contributed by atoms with Crippen LogP contribution in [-0.4, -0.2) is 24.8 Å². The van der Waals surface area contributed by atoms with Gasteiger partial charge in [0.05, 0.1) is 31.1 Å². The second kappa shape index (κ2) is 12.1. The molecule has 0 aliphatic rings. The van der Waals surface area contributed by atoms with E-state index in [1.54, 1.807) is 36.4 Å². The van der Waals surface area contributed by atoms with Crippen LogP contribution in [0.2, 0.25) is 0 Å². The molecule has 3 rings (SSSR count). The second-order valence-corrected chi connectivity index (χ2v) is 8.17. The summed E-state index contributed by atoms with van der Waals surface area (Å²) in [5, 5.41) is 11.3. The van der Waals surface area contributed by atoms with Crippen LogP contribution in [-0.2, 0) is 9.53 Å². The Labute approximate surface area is 194 Å². The molecule has 0 aliphatic heterocycles. The lowest BCUT2D eigenvalue weighted by Gasteiger charge is -2.18. The predicted octanol–water partition coefficient (Wildman–Crippen LogP) is 5.93. The summed E-state index contributed by atoms with van der Waals surface area (Å²) in [4.78, 5) is 24.9. The summed E-state index contributed by atoms with van der Waals surface area (Å²) in [7, 11) is 1.29. The van der Waals surface area contributed by atoms with Crippen molar-refractivity contribution in [1.29, 1.82) is 0 Å². The van der Waals surface area contributed by atoms with Crippen molar-refractivity contribution in [3.8, 4) is 11.5 Å². The number of esters is 1. The van der Waals surface area contributed by atoms with E-state index in [9.17, 15) is 14.7 Å². The molecule has 0 spiro atoms. The second-order valence-electron chi connectivity index (χ2n) is 8.17. The van der Waals surface area contributed by atoms with Gasteiger partial charge in [0.2, 0.25) is 0 Å². The van der Waals surface area contributed by atoms with E-state index in [2.05, 4.69) is 6.92 Å². The standard InChI is InChI=1S/C27H32O6/c1-3-4-5-6-7-10-17-32-20-15-13-19(14-16-20)22(18-24(28)31-2)25-26(29)21-11-8-9-12-23(21)33-27(25)30/h8-9,11-16,22,29H,3-7,10,17-18H2,1-2H3/t22-/m0/s1. The number of methoxy groups -OCH3 is 1. The molecule has 0 saturated heterocycles. The summed E-state index contributed by atoms with van der Waals surface area (Å²) in [6, 6.07) is 14.0. The van der Waals surface area contributed by atoms with Crippen LogP contribution in [0.1, 0.15) is 68.9 Å². The van der Waals surface area contributed by atoms with Gasteiger partial charge in [0.25, 0.3) is 0 Å². The Morgan fingerprint density at radius 3 is 2.42 bits per heavy atom. The first-order valence-electron chi connectivity index (χ1n) is 11.6. The molecule has 0 aliphatic carbocycles. The van der Waals surface area contributed by atoms with Gasteiger partial charge >= 0.3 is 11.6 Å². The highest BCUT2D eigenvalue weighted by atomic mass is 16.5. The van der Waals surface area contributed by atoms with Crippen molar-refractivity contribution in [2.75, 3.05) is 13.7 Å². The third kappa shape index (κ3) is 6.37. The van der Waals surface area contributed by atoms with Crippen LogP contribution >= 0.6 is 0 Å². The number of benzene rings is 2. The minimum Gasteiger partial charge on any atom is -0.507 e. The first-order valence-corrected chi connectivity index (χ1v) is 11.6. The molecule has 0 fully saturated rings. The van der Waals surface area contributed by atoms with Gasteiger partial charge in [0, 0.05) is 5.92 Å². The van der Waals surface area contributed by atoms with Crippen molar-refractivity contribution in [2.45, 2.75) is 57.8 Å². The third-order valence-electron chi connectivity index (χ3n) is 5.82. The Bertz CT molecular complexity index is 1100. The van der Waals surface area contributed by atoms with Gasteiger partial charge in [-0.15, -0.1) is 0 Å². The van der Waals surface area contributed by atoms with E-state index in [-0.39, 0.29) is 17.7 Å². The summed E-state index contributed by atoms with van der Waals surface area (Å²) in [6.07, 6.45) is 7.05. The van der Waals surface area contributed by atoms with Crippen LogP contribution in [0.4, 0.5) is 0 Å². The highest BCUT2D eigenvalue weighted by Crippen LogP contribution is 2.36. The number of fused-ring (bicyclic) bond motifs is 1. The van der Waals surface area contributed by atoms with Crippen molar-refractivity contribution in [2.24, 2.45) is 0 Å². The summed E-state index contributed by atoms with van der Waals surface area (Å²) >= 11 is 0. The lowest BCUT2D eigenvalue weighted by molar-refractivity contribution is -0.140. The minimum atomic E-state index is -0.717. The van der Waals surface area contributed by atoms with Crippen molar-refractivity contribution in [3.63, 3.8) is 0 Å². The molecular weight excluding hydrogens is 420 g/mol. The van der Waals surface area contributed by atoms with Gasteiger partial charge in [-0.25, -0.2) is 4.79 Å². The number of carbonyl (C=O) groups excluding carboxylic acids is 1. The Kier molecular flexibility index (Phi) is 8.93. The normalized spacial score (nSPS) is 11.9. The quantitative estimate of drug-likeness (QED) is 0.208. The Morgan fingerprint density at radius 1 is 1.00 bits per heavy atom. The van der Waals surface area contributed by atoms with Crippen LogP contribution < -0.4 is 10.4 Å². The van der Waals surface area contributed by atoms with Gasteiger partial charge in [0.1, 0.15) is 17.1 Å². The van der Waals surface area contributed by atoms with E-state index < -0.39 is 17.5 Å². The number of rotatable bonds is 12. The van der Waals surface area contributed by atoms with E-state index in [1.165, 1.54) is 32.8 Å². The van der Waals surface area contributed by atoms with Gasteiger partial charge in [0.15, 0.2) is 0 Å². The molecule has 0 amide bonds. The maximum atomic E-state index is 12.8. The fraction of sp³-hybridized carbons (Fsp3) is 0.407. The monoisotopic (exact) mass is 452 g/mol. The topological polar surface area (TPSA) is 86.0 Å². The average molecular weight is 453 g/mol. The summed E-state index contributed by atoms with van der Waals surface area (Å²) in [6.45, 7) is 2.85. The molecule has 1 atom stereocenters. The third-order valence-corrected chi connectivity index (χ3v) is 5.82. The molecule has 1 aromatic heterocycles. The lowest BCUT2D eigenvalue weighted by Crippen LogP contribution is -2.18. The molecule has 33 heavy (non-hydrogen) atoms. The summed E-state index contributed by atoms with van der Waals surface area (Å²) in [5.41, 5.74) is 0.340. The molecular formula is C27H32O6. The molecule has 0 bridgehead atoms. The molecule has 6 nitrogen and oxygen atoms in total. The molecule has 2 aromatic carbocycles. The van der Waals surface area contributed by atoms with Crippen LogP contribution in [0.25, 0.3) is 11.0 Å². The summed E-state index contributed by atoms with van der Waals surface area (Å²) < 4.78 is 16.1. The molecule has 0 unspecified atom stereocenters. The van der Waals surface area contributed by atoms with Crippen molar-refractivity contribution in [1.82, 2.24) is 0 Å². The number of ether oxygens (including phenoxy) is 2. The van der Waals surface area contributed by atoms with Gasteiger partial charge < -0.3 is 19.0 Å². The van der Waals surface area contributed by atoms with E-state index in [1.807, 2.05) is 12.1 Å². The maximum Gasteiger partial charge on any atom is 0.343 e. The SMILES string of the molecule is CCCCCCCCOc1ccc([C@H](CC(=O)OC)c2c(O)c3ccccc3oc2=O)cc1. The molecule has 6 heteroatoms. The van der Waals surface area contributed by atoms with Gasteiger partial charge in [-0.2, -0.15) is 0 Å². The first-order chi connectivity index (χ1) is 16.0. The number of hydrogen-bond acceptors (Lipinski definition) is 6. The largest absolute Gasteiger partial charge is 0.507 e. The lowest BCUT2D eigenvalue weighted by atomic mass is 9.88. The van der Waals surface area contributed by atoms with E-state index in [0.717, 1.165) is 18.6 Å². The van der Waals surface area contributed by atoms with Crippen molar-refractivity contribution in [3.05, 3.63) is 70.1 Å². The van der Waals surface area contributed by atoms with Crippen LogP contribution in [0.3, 0.4) is 0 Å². The number of para-hydroxylation sites is 1. The molecule has 0 saturated carbocycles. The van der Waals surface area contributed by atoms with Crippen LogP contribution in [0, 0.1) is 0 Å². The Morgan fingerprint density at radius 2 is 1.70 bits per heavy atom. The number of hydrogen-bond donors (Lipinski definition) is 1. The van der Waals surface area contributed by atoms with E-state index >= 15 is 0 Å². The zero-order valence-electron chi connectivity index (χ0n) is 19.3. The Balaban J connectivity index is 1.79. The molecule has 176 valence electrons. The zero-order chi connectivity index (χ0) is 23.6. The fourth-order valence-corrected chi connectivity index (χ4v) is 3.96. The highest BCUT2D eigenvalue weighted by Gasteiger charge is 2.27. The number of carbonyl (C=O) groups is 1. The molecule has 1 heterocycles. The van der Waals surface area contributed by atoms with E-state index in [0.29, 0.717) is 23.1 Å². The Hall–Kier alpha value is -3.28. The van der Waals surface area contributed by atoms with Crippen molar-refractivity contribution < 1.29 is 23.8 Å². The summed E-state index contributed by atoms with van der Waals surface area (Å²) in [5.74, 6) is -0.667. The first kappa shape index (κ1) is 24.4. The average Bonchev–Trinajstić information content (AvgIpc) is 2.83. The van der Waals surface area contributed by atoms with Crippen LogP contribution in [0.5, 0.6) is 11.5 Å². The fourth-order valence-electron chi connectivity index (χ4n) is 3.96. The minimum absolute atomic E-state index is 0.0415. The van der Waals surface area contributed by atoms with Crippen LogP contribution in [0.15, 0.2) is 57.7 Å². The van der Waals surface area contributed by atoms with Gasteiger partial charge in [-0.1, -0.05) is 63.3 Å². The van der Waals surface area contributed by atoms with Crippen molar-refractivity contribution >= 4 is 16.9 Å². The predicted molar refractivity (Wildman–Crippen MR) is 128 cm³/mol. The molecule has 0 radical (unpaired) electrons. The smallest absolute Gasteiger partial charge is 0.343 e. The number of aromatic hydroxyl groups is 1.